The third-order valence-corrected chi connectivity index (χ3v) is 4.41. The van der Waals surface area contributed by atoms with Gasteiger partial charge in [0, 0.05) is 28.9 Å². The van der Waals surface area contributed by atoms with Gasteiger partial charge in [0.1, 0.15) is 5.75 Å². The van der Waals surface area contributed by atoms with Crippen LogP contribution in [0.1, 0.15) is 12.5 Å². The number of methoxy groups -OCH3 is 1. The second-order valence-electron chi connectivity index (χ2n) is 6.33. The monoisotopic (exact) mass is 413 g/mol. The minimum Gasteiger partial charge on any atom is -0.497 e. The Morgan fingerprint density at radius 1 is 1.17 bits per heavy atom. The summed E-state index contributed by atoms with van der Waals surface area (Å²) in [4.78, 5) is 24.7. The molecule has 29 heavy (non-hydrogen) atoms. The van der Waals surface area contributed by atoms with Crippen LogP contribution in [0.15, 0.2) is 59.4 Å². The van der Waals surface area contributed by atoms with Gasteiger partial charge in [0.05, 0.1) is 12.8 Å². The van der Waals surface area contributed by atoms with Crippen molar-refractivity contribution in [2.24, 2.45) is 0 Å². The van der Waals surface area contributed by atoms with Gasteiger partial charge >= 0.3 is 0 Å². The van der Waals surface area contributed by atoms with Gasteiger partial charge in [-0.1, -0.05) is 23.7 Å². The maximum atomic E-state index is 12.4. The summed E-state index contributed by atoms with van der Waals surface area (Å²) >= 11 is 6.05. The van der Waals surface area contributed by atoms with E-state index in [0.717, 1.165) is 5.56 Å². The van der Waals surface area contributed by atoms with Gasteiger partial charge in [0.2, 0.25) is 5.88 Å². The largest absolute Gasteiger partial charge is 0.497 e. The fourth-order valence-electron chi connectivity index (χ4n) is 2.62. The predicted octanol–water partition coefficient (Wildman–Crippen LogP) is 3.61. The van der Waals surface area contributed by atoms with Crippen LogP contribution in [0, 0.1) is 6.92 Å². The minimum atomic E-state index is -0.847. The van der Waals surface area contributed by atoms with Crippen molar-refractivity contribution in [3.05, 3.63) is 75.5 Å². The smallest absolute Gasteiger partial charge is 0.271 e. The zero-order valence-electron chi connectivity index (χ0n) is 16.2. The van der Waals surface area contributed by atoms with Crippen molar-refractivity contribution in [3.63, 3.8) is 0 Å². The van der Waals surface area contributed by atoms with Crippen molar-refractivity contribution >= 4 is 23.2 Å². The molecule has 0 unspecified atom stereocenters. The highest BCUT2D eigenvalue weighted by Gasteiger charge is 2.17. The first kappa shape index (κ1) is 20.4. The van der Waals surface area contributed by atoms with E-state index < -0.39 is 6.10 Å². The van der Waals surface area contributed by atoms with Crippen LogP contribution < -0.4 is 20.3 Å². The molecule has 0 saturated heterocycles. The number of carbonyl (C=O) groups excluding carboxylic acids is 1. The van der Waals surface area contributed by atoms with Gasteiger partial charge < -0.3 is 14.8 Å². The summed E-state index contributed by atoms with van der Waals surface area (Å²) in [6, 6.07) is 14.9. The predicted molar refractivity (Wildman–Crippen MR) is 111 cm³/mol. The van der Waals surface area contributed by atoms with E-state index in [4.69, 9.17) is 21.1 Å². The van der Waals surface area contributed by atoms with Crippen molar-refractivity contribution in [1.29, 1.82) is 0 Å². The number of halogens is 1. The van der Waals surface area contributed by atoms with Crippen molar-refractivity contribution in [2.75, 3.05) is 12.4 Å². The fraction of sp³-hybridized carbons (Fsp3) is 0.190. The Labute approximate surface area is 172 Å². The average molecular weight is 414 g/mol. The van der Waals surface area contributed by atoms with Crippen molar-refractivity contribution < 1.29 is 14.3 Å². The van der Waals surface area contributed by atoms with Crippen LogP contribution in [0.2, 0.25) is 5.02 Å². The van der Waals surface area contributed by atoms with Crippen LogP contribution in [0.3, 0.4) is 0 Å². The summed E-state index contributed by atoms with van der Waals surface area (Å²) in [6.07, 6.45) is -0.847. The maximum Gasteiger partial charge on any atom is 0.271 e. The quantitative estimate of drug-likeness (QED) is 0.667. The van der Waals surface area contributed by atoms with Crippen LogP contribution in [-0.4, -0.2) is 28.9 Å². The number of nitrogens with one attached hydrogen (secondary N) is 1. The molecule has 1 aromatic heterocycles. The summed E-state index contributed by atoms with van der Waals surface area (Å²) < 4.78 is 12.0. The number of rotatable bonds is 6. The molecule has 3 aromatic rings. The van der Waals surface area contributed by atoms with Crippen LogP contribution in [0.25, 0.3) is 5.69 Å². The van der Waals surface area contributed by atoms with Crippen LogP contribution in [-0.2, 0) is 4.79 Å². The van der Waals surface area contributed by atoms with Gasteiger partial charge in [-0.2, -0.15) is 4.68 Å². The molecule has 0 radical (unpaired) electrons. The highest BCUT2D eigenvalue weighted by Crippen LogP contribution is 2.19. The summed E-state index contributed by atoms with van der Waals surface area (Å²) in [5, 5.41) is 7.46. The number of aromatic nitrogens is 2. The lowest BCUT2D eigenvalue weighted by molar-refractivity contribution is -0.122. The third kappa shape index (κ3) is 4.94. The molecule has 0 aliphatic rings. The Hall–Kier alpha value is -3.32. The molecule has 3 rings (SSSR count). The number of ether oxygens (including phenoxy) is 2. The molecule has 0 saturated carbocycles. The number of hydrogen-bond donors (Lipinski definition) is 1. The molecular formula is C21H20ClN3O4. The van der Waals surface area contributed by atoms with E-state index in [-0.39, 0.29) is 17.3 Å². The van der Waals surface area contributed by atoms with Gasteiger partial charge in [-0.05, 0) is 43.7 Å². The molecule has 1 heterocycles. The maximum absolute atomic E-state index is 12.4. The second kappa shape index (κ2) is 8.79. The lowest BCUT2D eigenvalue weighted by Gasteiger charge is -2.15. The molecule has 7 nitrogen and oxygen atoms in total. The number of carbonyl (C=O) groups is 1. The molecule has 1 amide bonds. The molecule has 150 valence electrons. The molecular weight excluding hydrogens is 394 g/mol. The number of aryl methyl sites for hydroxylation is 1. The minimum absolute atomic E-state index is 0.136. The van der Waals surface area contributed by atoms with E-state index >= 15 is 0 Å². The normalized spacial score (nSPS) is 11.6. The first-order valence-corrected chi connectivity index (χ1v) is 9.23. The Morgan fingerprint density at radius 2 is 1.97 bits per heavy atom. The zero-order valence-corrected chi connectivity index (χ0v) is 16.9. The lowest BCUT2D eigenvalue weighted by atomic mass is 10.2. The fourth-order valence-corrected chi connectivity index (χ4v) is 2.79. The van der Waals surface area contributed by atoms with Gasteiger partial charge in [0.15, 0.2) is 6.10 Å². The number of hydrogen-bond acceptors (Lipinski definition) is 5. The number of anilines is 1. The summed E-state index contributed by atoms with van der Waals surface area (Å²) in [5.41, 5.74) is 1.61. The molecule has 0 bridgehead atoms. The molecule has 2 aromatic carbocycles. The van der Waals surface area contributed by atoms with E-state index in [2.05, 4.69) is 10.4 Å². The zero-order chi connectivity index (χ0) is 21.0. The van der Waals surface area contributed by atoms with Crippen molar-refractivity contribution in [2.45, 2.75) is 20.0 Å². The molecule has 1 atom stereocenters. The average Bonchev–Trinajstić information content (AvgIpc) is 2.71. The van der Waals surface area contributed by atoms with Crippen LogP contribution in [0.4, 0.5) is 5.69 Å². The van der Waals surface area contributed by atoms with Gasteiger partial charge in [-0.3, -0.25) is 9.59 Å². The van der Waals surface area contributed by atoms with E-state index in [9.17, 15) is 9.59 Å². The Kier molecular flexibility index (Phi) is 6.19. The van der Waals surface area contributed by atoms with Gasteiger partial charge in [-0.25, -0.2) is 0 Å². The highest BCUT2D eigenvalue weighted by molar-refractivity contribution is 6.30. The SMILES string of the molecule is COc1cccc(NC(=O)[C@H](C)Oc2ccc(=O)n(-c3cc(Cl)ccc3C)n2)c1. The van der Waals surface area contributed by atoms with Crippen molar-refractivity contribution in [1.82, 2.24) is 9.78 Å². The standard InChI is InChI=1S/C21H20ClN3O4/c1-13-7-8-15(22)11-18(13)25-20(26)10-9-19(24-25)29-14(2)21(27)23-16-5-4-6-17(12-16)28-3/h4-12,14H,1-3H3,(H,23,27)/t14-/m0/s1. The first-order chi connectivity index (χ1) is 13.9. The third-order valence-electron chi connectivity index (χ3n) is 4.18. The molecule has 8 heteroatoms. The Balaban J connectivity index is 1.78. The number of amides is 1. The van der Waals surface area contributed by atoms with E-state index in [1.165, 1.54) is 16.8 Å². The number of nitrogens with zero attached hydrogens (tertiary/aromatic N) is 2. The topological polar surface area (TPSA) is 82.5 Å². The lowest BCUT2D eigenvalue weighted by Crippen LogP contribution is -2.31. The van der Waals surface area contributed by atoms with Gasteiger partial charge in [0.25, 0.3) is 11.5 Å². The molecule has 0 aliphatic carbocycles. The Morgan fingerprint density at radius 3 is 2.72 bits per heavy atom. The molecule has 0 fully saturated rings. The first-order valence-electron chi connectivity index (χ1n) is 8.86. The summed E-state index contributed by atoms with van der Waals surface area (Å²) in [5.74, 6) is 0.399. The molecule has 0 spiro atoms. The van der Waals surface area contributed by atoms with E-state index in [0.29, 0.717) is 22.1 Å². The van der Waals surface area contributed by atoms with Crippen LogP contribution in [0.5, 0.6) is 11.6 Å². The molecule has 0 aliphatic heterocycles. The molecule has 1 N–H and O–H groups in total. The Bertz CT molecular complexity index is 1100. The van der Waals surface area contributed by atoms with Gasteiger partial charge in [-0.15, -0.1) is 5.10 Å². The summed E-state index contributed by atoms with van der Waals surface area (Å²) in [6.45, 7) is 3.44. The van der Waals surface area contributed by atoms with Crippen molar-refractivity contribution in [3.8, 4) is 17.3 Å². The van der Waals surface area contributed by atoms with Crippen LogP contribution >= 0.6 is 11.6 Å². The second-order valence-corrected chi connectivity index (χ2v) is 6.77. The summed E-state index contributed by atoms with van der Waals surface area (Å²) in [7, 11) is 1.55. The van der Waals surface area contributed by atoms with E-state index in [1.807, 2.05) is 6.92 Å². The number of benzene rings is 2. The van der Waals surface area contributed by atoms with E-state index in [1.54, 1.807) is 56.5 Å². The highest BCUT2D eigenvalue weighted by atomic mass is 35.5.